The molecule has 6 nitrogen and oxygen atoms in total. The quantitative estimate of drug-likeness (QED) is 0.636. The van der Waals surface area contributed by atoms with Gasteiger partial charge in [-0.3, -0.25) is 9.59 Å². The van der Waals surface area contributed by atoms with Gasteiger partial charge >= 0.3 is 0 Å². The van der Waals surface area contributed by atoms with Crippen LogP contribution in [0.25, 0.3) is 11.3 Å². The van der Waals surface area contributed by atoms with Gasteiger partial charge in [-0.25, -0.2) is 9.07 Å². The van der Waals surface area contributed by atoms with Crippen molar-refractivity contribution < 1.29 is 13.9 Å². The highest BCUT2D eigenvalue weighted by atomic mass is 19.1. The standard InChI is InChI=1S/C22H22FN3O3/c1-29-19-10-4-16(5-11-19)15-24-21(27)3-2-14-26-22(28)13-12-20(25-26)17-6-8-18(23)9-7-17/h4-13H,2-3,14-15H2,1H3,(H,24,27). The van der Waals surface area contributed by atoms with Gasteiger partial charge in [0.05, 0.1) is 12.8 Å². The molecule has 0 fully saturated rings. The summed E-state index contributed by atoms with van der Waals surface area (Å²) in [5.41, 5.74) is 2.03. The third-order valence-electron chi connectivity index (χ3n) is 4.43. The second-order valence-electron chi connectivity index (χ2n) is 6.52. The lowest BCUT2D eigenvalue weighted by molar-refractivity contribution is -0.121. The topological polar surface area (TPSA) is 73.2 Å². The van der Waals surface area contributed by atoms with Crippen molar-refractivity contribution in [2.24, 2.45) is 0 Å². The molecule has 1 heterocycles. The monoisotopic (exact) mass is 395 g/mol. The molecule has 0 aliphatic heterocycles. The number of methoxy groups -OCH3 is 1. The third kappa shape index (κ3) is 5.75. The number of hydrogen-bond donors (Lipinski definition) is 1. The number of hydrogen-bond acceptors (Lipinski definition) is 4. The number of nitrogens with zero attached hydrogens (tertiary/aromatic N) is 2. The van der Waals surface area contributed by atoms with Crippen molar-refractivity contribution in [1.29, 1.82) is 0 Å². The number of aryl methyl sites for hydroxylation is 1. The lowest BCUT2D eigenvalue weighted by Crippen LogP contribution is -2.25. The van der Waals surface area contributed by atoms with E-state index in [4.69, 9.17) is 4.74 Å². The van der Waals surface area contributed by atoms with Crippen LogP contribution in [0.3, 0.4) is 0 Å². The summed E-state index contributed by atoms with van der Waals surface area (Å²) in [4.78, 5) is 24.1. The van der Waals surface area contributed by atoms with Crippen molar-refractivity contribution in [3.63, 3.8) is 0 Å². The maximum Gasteiger partial charge on any atom is 0.266 e. The second kappa shape index (κ2) is 9.64. The molecule has 0 atom stereocenters. The molecule has 0 radical (unpaired) electrons. The van der Waals surface area contributed by atoms with E-state index in [0.717, 1.165) is 16.9 Å². The molecule has 0 spiro atoms. The number of carbonyl (C=O) groups excluding carboxylic acids is 1. The molecule has 2 aromatic carbocycles. The van der Waals surface area contributed by atoms with Gasteiger partial charge in [0.15, 0.2) is 0 Å². The van der Waals surface area contributed by atoms with Gasteiger partial charge in [0.25, 0.3) is 5.56 Å². The Kier molecular flexibility index (Phi) is 6.73. The molecule has 0 bridgehead atoms. The summed E-state index contributed by atoms with van der Waals surface area (Å²) in [7, 11) is 1.60. The zero-order valence-electron chi connectivity index (χ0n) is 16.1. The van der Waals surface area contributed by atoms with E-state index in [1.807, 2.05) is 24.3 Å². The molecule has 3 rings (SSSR count). The first kappa shape index (κ1) is 20.3. The minimum atomic E-state index is -0.331. The molecule has 7 heteroatoms. The van der Waals surface area contributed by atoms with Crippen LogP contribution in [0.2, 0.25) is 0 Å². The highest BCUT2D eigenvalue weighted by Crippen LogP contribution is 2.15. The summed E-state index contributed by atoms with van der Waals surface area (Å²) >= 11 is 0. The van der Waals surface area contributed by atoms with Crippen molar-refractivity contribution in [3.05, 3.63) is 82.4 Å². The smallest absolute Gasteiger partial charge is 0.266 e. The van der Waals surface area contributed by atoms with Crippen molar-refractivity contribution in [2.45, 2.75) is 25.9 Å². The van der Waals surface area contributed by atoms with Crippen molar-refractivity contribution in [1.82, 2.24) is 15.1 Å². The van der Waals surface area contributed by atoms with E-state index in [-0.39, 0.29) is 23.7 Å². The normalized spacial score (nSPS) is 10.6. The molecule has 0 saturated heterocycles. The van der Waals surface area contributed by atoms with Crippen LogP contribution in [0.5, 0.6) is 5.75 Å². The van der Waals surface area contributed by atoms with Gasteiger partial charge in [-0.1, -0.05) is 12.1 Å². The Morgan fingerprint density at radius 1 is 1.07 bits per heavy atom. The van der Waals surface area contributed by atoms with Crippen molar-refractivity contribution >= 4 is 5.91 Å². The Bertz CT molecular complexity index is 1010. The molecule has 0 aliphatic carbocycles. The highest BCUT2D eigenvalue weighted by Gasteiger charge is 2.06. The van der Waals surface area contributed by atoms with Crippen LogP contribution in [-0.4, -0.2) is 22.8 Å². The van der Waals surface area contributed by atoms with Crippen molar-refractivity contribution in [2.75, 3.05) is 7.11 Å². The van der Waals surface area contributed by atoms with Gasteiger partial charge in [-0.15, -0.1) is 0 Å². The summed E-state index contributed by atoms with van der Waals surface area (Å²) in [5, 5.41) is 7.17. The fourth-order valence-electron chi connectivity index (χ4n) is 2.81. The van der Waals surface area contributed by atoms with Crippen LogP contribution >= 0.6 is 0 Å². The minimum absolute atomic E-state index is 0.0939. The summed E-state index contributed by atoms with van der Waals surface area (Å²) < 4.78 is 19.5. The Morgan fingerprint density at radius 3 is 2.48 bits per heavy atom. The number of halogens is 1. The Labute approximate surface area is 168 Å². The van der Waals surface area contributed by atoms with Crippen molar-refractivity contribution in [3.8, 4) is 17.0 Å². The SMILES string of the molecule is COc1ccc(CNC(=O)CCCn2nc(-c3ccc(F)cc3)ccc2=O)cc1. The Balaban J connectivity index is 1.51. The fourth-order valence-corrected chi connectivity index (χ4v) is 2.81. The summed E-state index contributed by atoms with van der Waals surface area (Å²) in [6.07, 6.45) is 0.763. The van der Waals surface area contributed by atoms with E-state index in [1.165, 1.54) is 22.9 Å². The zero-order valence-corrected chi connectivity index (χ0v) is 16.1. The van der Waals surface area contributed by atoms with E-state index in [1.54, 1.807) is 25.3 Å². The average Bonchev–Trinajstić information content (AvgIpc) is 2.74. The van der Waals surface area contributed by atoms with Crippen LogP contribution in [0.4, 0.5) is 4.39 Å². The lowest BCUT2D eigenvalue weighted by atomic mass is 10.1. The van der Waals surface area contributed by atoms with Crippen LogP contribution < -0.4 is 15.6 Å². The number of nitrogens with one attached hydrogen (secondary N) is 1. The van der Waals surface area contributed by atoms with Gasteiger partial charge in [0.2, 0.25) is 5.91 Å². The molecule has 1 aromatic heterocycles. The molecular weight excluding hydrogens is 373 g/mol. The van der Waals surface area contributed by atoms with Gasteiger partial charge in [-0.2, -0.15) is 5.10 Å². The van der Waals surface area contributed by atoms with E-state index in [0.29, 0.717) is 25.2 Å². The lowest BCUT2D eigenvalue weighted by Gasteiger charge is -2.08. The van der Waals surface area contributed by atoms with Gasteiger partial charge < -0.3 is 10.1 Å². The number of ether oxygens (including phenoxy) is 1. The van der Waals surface area contributed by atoms with Gasteiger partial charge in [0, 0.05) is 31.1 Å². The highest BCUT2D eigenvalue weighted by molar-refractivity contribution is 5.75. The fraction of sp³-hybridized carbons (Fsp3) is 0.227. The third-order valence-corrected chi connectivity index (χ3v) is 4.43. The predicted molar refractivity (Wildman–Crippen MR) is 108 cm³/mol. The van der Waals surface area contributed by atoms with Crippen LogP contribution in [0.15, 0.2) is 65.5 Å². The van der Waals surface area contributed by atoms with Crippen LogP contribution in [0, 0.1) is 5.82 Å². The maximum absolute atomic E-state index is 13.1. The first-order valence-electron chi connectivity index (χ1n) is 9.29. The molecule has 1 amide bonds. The average molecular weight is 395 g/mol. The Morgan fingerprint density at radius 2 is 1.79 bits per heavy atom. The van der Waals surface area contributed by atoms with Crippen LogP contribution in [-0.2, 0) is 17.9 Å². The maximum atomic E-state index is 13.1. The zero-order chi connectivity index (χ0) is 20.6. The van der Waals surface area contributed by atoms with Gasteiger partial charge in [-0.05, 0) is 54.4 Å². The number of amides is 1. The molecule has 3 aromatic rings. The first-order valence-corrected chi connectivity index (χ1v) is 9.29. The van der Waals surface area contributed by atoms with E-state index < -0.39 is 0 Å². The molecule has 0 saturated carbocycles. The van der Waals surface area contributed by atoms with Gasteiger partial charge in [0.1, 0.15) is 11.6 Å². The summed E-state index contributed by atoms with van der Waals surface area (Å²) in [5.74, 6) is 0.340. The Hall–Kier alpha value is -3.48. The molecule has 29 heavy (non-hydrogen) atoms. The molecule has 1 N–H and O–H groups in total. The van der Waals surface area contributed by atoms with Crippen LogP contribution in [0.1, 0.15) is 18.4 Å². The van der Waals surface area contributed by atoms with E-state index >= 15 is 0 Å². The number of carbonyl (C=O) groups is 1. The molecule has 150 valence electrons. The van der Waals surface area contributed by atoms with E-state index in [9.17, 15) is 14.0 Å². The minimum Gasteiger partial charge on any atom is -0.497 e. The molecular formula is C22H22FN3O3. The summed E-state index contributed by atoms with van der Waals surface area (Å²) in [6.45, 7) is 0.755. The number of rotatable bonds is 8. The summed E-state index contributed by atoms with van der Waals surface area (Å²) in [6, 6.07) is 16.4. The first-order chi connectivity index (χ1) is 14.0. The molecule has 0 unspecified atom stereocenters. The predicted octanol–water partition coefficient (Wildman–Crippen LogP) is 3.15. The molecule has 0 aliphatic rings. The largest absolute Gasteiger partial charge is 0.497 e. The van der Waals surface area contributed by atoms with E-state index in [2.05, 4.69) is 10.4 Å². The number of aromatic nitrogens is 2. The second-order valence-corrected chi connectivity index (χ2v) is 6.52. The number of benzene rings is 2.